The molecule has 0 spiro atoms. The van der Waals surface area contributed by atoms with Crippen molar-refractivity contribution in [2.75, 3.05) is 13.2 Å². The summed E-state index contributed by atoms with van der Waals surface area (Å²) in [4.78, 5) is 13.3. The molecule has 19 heavy (non-hydrogen) atoms. The molecule has 2 unspecified atom stereocenters. The number of nitrogens with one attached hydrogen (secondary N) is 2. The summed E-state index contributed by atoms with van der Waals surface area (Å²) < 4.78 is 32.1. The standard InChI is InChI=1S/C11H15ClN2O4S/c1-7(8-2-3-18-6-8)14-19(16,17)9-4-10(12)11(15)13-5-9/h4-5,7-8,14H,2-3,6H2,1H3,(H,13,15). The van der Waals surface area contributed by atoms with Crippen LogP contribution in [0.4, 0.5) is 0 Å². The molecule has 0 radical (unpaired) electrons. The smallest absolute Gasteiger partial charge is 0.266 e. The third-order valence-electron chi connectivity index (χ3n) is 3.15. The molecule has 0 aliphatic carbocycles. The summed E-state index contributed by atoms with van der Waals surface area (Å²) in [5.74, 6) is 0.160. The number of ether oxygens (including phenoxy) is 1. The Kier molecular flexibility index (Phi) is 4.29. The molecule has 0 aromatic carbocycles. The van der Waals surface area contributed by atoms with E-state index in [1.165, 1.54) is 0 Å². The van der Waals surface area contributed by atoms with Crippen LogP contribution in [0.2, 0.25) is 5.02 Å². The van der Waals surface area contributed by atoms with Gasteiger partial charge in [-0.25, -0.2) is 13.1 Å². The van der Waals surface area contributed by atoms with Gasteiger partial charge in [-0.3, -0.25) is 4.79 Å². The van der Waals surface area contributed by atoms with E-state index in [9.17, 15) is 13.2 Å². The fourth-order valence-corrected chi connectivity index (χ4v) is 3.49. The van der Waals surface area contributed by atoms with Gasteiger partial charge in [-0.05, 0) is 19.4 Å². The van der Waals surface area contributed by atoms with Crippen molar-refractivity contribution in [2.45, 2.75) is 24.3 Å². The topological polar surface area (TPSA) is 88.3 Å². The van der Waals surface area contributed by atoms with Crippen molar-refractivity contribution in [3.05, 3.63) is 27.6 Å². The molecule has 6 nitrogen and oxygen atoms in total. The van der Waals surface area contributed by atoms with Crippen molar-refractivity contribution in [3.8, 4) is 0 Å². The Morgan fingerprint density at radius 1 is 1.58 bits per heavy atom. The average molecular weight is 307 g/mol. The summed E-state index contributed by atoms with van der Waals surface area (Å²) in [6.07, 6.45) is 1.96. The van der Waals surface area contributed by atoms with Crippen molar-refractivity contribution >= 4 is 21.6 Å². The predicted octanol–water partition coefficient (Wildman–Crippen LogP) is 0.732. The summed E-state index contributed by atoms with van der Waals surface area (Å²) in [6, 6.07) is 0.902. The van der Waals surface area contributed by atoms with E-state index < -0.39 is 15.6 Å². The van der Waals surface area contributed by atoms with Crippen LogP contribution in [0.15, 0.2) is 22.0 Å². The van der Waals surface area contributed by atoms with Gasteiger partial charge in [-0.1, -0.05) is 11.6 Å². The minimum Gasteiger partial charge on any atom is -0.381 e. The molecular formula is C11H15ClN2O4S. The van der Waals surface area contributed by atoms with Gasteiger partial charge >= 0.3 is 0 Å². The first-order chi connectivity index (χ1) is 8.90. The maximum Gasteiger partial charge on any atom is 0.266 e. The number of H-pyrrole nitrogens is 1. The van der Waals surface area contributed by atoms with Crippen LogP contribution in [0.5, 0.6) is 0 Å². The first kappa shape index (κ1) is 14.5. The molecule has 106 valence electrons. The molecule has 8 heteroatoms. The van der Waals surface area contributed by atoms with Crippen LogP contribution in [-0.2, 0) is 14.8 Å². The lowest BCUT2D eigenvalue weighted by Crippen LogP contribution is -2.38. The molecule has 2 heterocycles. The van der Waals surface area contributed by atoms with Gasteiger partial charge < -0.3 is 9.72 Å². The van der Waals surface area contributed by atoms with E-state index in [2.05, 4.69) is 9.71 Å². The summed E-state index contributed by atoms with van der Waals surface area (Å²) in [5.41, 5.74) is -0.516. The molecule has 1 aliphatic rings. The molecule has 1 aromatic heterocycles. The highest BCUT2D eigenvalue weighted by atomic mass is 35.5. The Labute approximate surface area is 116 Å². The Bertz CT molecular complexity index is 607. The fraction of sp³-hybridized carbons (Fsp3) is 0.545. The zero-order valence-corrected chi connectivity index (χ0v) is 11.9. The lowest BCUT2D eigenvalue weighted by molar-refractivity contribution is 0.180. The molecule has 1 fully saturated rings. The Morgan fingerprint density at radius 3 is 2.89 bits per heavy atom. The monoisotopic (exact) mass is 306 g/mol. The molecule has 1 aromatic rings. The number of halogens is 1. The largest absolute Gasteiger partial charge is 0.381 e. The second-order valence-corrected chi connectivity index (χ2v) is 6.67. The van der Waals surface area contributed by atoms with E-state index >= 15 is 0 Å². The summed E-state index contributed by atoms with van der Waals surface area (Å²) in [7, 11) is -3.70. The average Bonchev–Trinajstić information content (AvgIpc) is 2.85. The Balaban J connectivity index is 2.17. The van der Waals surface area contributed by atoms with Crippen LogP contribution >= 0.6 is 11.6 Å². The van der Waals surface area contributed by atoms with E-state index in [1.54, 1.807) is 6.92 Å². The van der Waals surface area contributed by atoms with Crippen LogP contribution in [0, 0.1) is 5.92 Å². The summed E-state index contributed by atoms with van der Waals surface area (Å²) in [5, 5.41) is -0.153. The zero-order chi connectivity index (χ0) is 14.0. The Morgan fingerprint density at radius 2 is 2.32 bits per heavy atom. The number of hydrogen-bond donors (Lipinski definition) is 2. The molecular weight excluding hydrogens is 292 g/mol. The summed E-state index contributed by atoms with van der Waals surface area (Å²) >= 11 is 5.63. The van der Waals surface area contributed by atoms with Gasteiger partial charge in [0.05, 0.1) is 11.5 Å². The number of pyridine rings is 1. The number of hydrogen-bond acceptors (Lipinski definition) is 4. The molecule has 2 N–H and O–H groups in total. The van der Waals surface area contributed by atoms with Gasteiger partial charge in [-0.2, -0.15) is 0 Å². The first-order valence-corrected chi connectivity index (χ1v) is 7.74. The van der Waals surface area contributed by atoms with Crippen molar-refractivity contribution in [1.29, 1.82) is 0 Å². The second kappa shape index (κ2) is 5.62. The fourth-order valence-electron chi connectivity index (χ4n) is 1.95. The molecule has 0 bridgehead atoms. The molecule has 1 aliphatic heterocycles. The SMILES string of the molecule is CC(NS(=O)(=O)c1c[nH]c(=O)c(Cl)c1)C1CCOC1. The van der Waals surface area contributed by atoms with Crippen LogP contribution in [0.25, 0.3) is 0 Å². The lowest BCUT2D eigenvalue weighted by atomic mass is 10.0. The number of aromatic nitrogens is 1. The quantitative estimate of drug-likeness (QED) is 0.858. The minimum atomic E-state index is -3.70. The molecule has 0 amide bonds. The number of aromatic amines is 1. The molecule has 0 saturated carbocycles. The van der Waals surface area contributed by atoms with Gasteiger partial charge in [0.2, 0.25) is 10.0 Å². The third kappa shape index (κ3) is 3.36. The van der Waals surface area contributed by atoms with E-state index in [1.807, 2.05) is 0 Å². The third-order valence-corrected chi connectivity index (χ3v) is 4.97. The maximum absolute atomic E-state index is 12.1. The van der Waals surface area contributed by atoms with Gasteiger partial charge in [0.15, 0.2) is 0 Å². The van der Waals surface area contributed by atoms with E-state index in [0.29, 0.717) is 13.2 Å². The highest BCUT2D eigenvalue weighted by molar-refractivity contribution is 7.89. The Hall–Kier alpha value is -0.890. The van der Waals surface area contributed by atoms with E-state index in [-0.39, 0.29) is 21.9 Å². The maximum atomic E-state index is 12.1. The van der Waals surface area contributed by atoms with Crippen LogP contribution < -0.4 is 10.3 Å². The normalized spacial score (nSPS) is 21.5. The van der Waals surface area contributed by atoms with Crippen molar-refractivity contribution < 1.29 is 13.2 Å². The van der Waals surface area contributed by atoms with Crippen LogP contribution in [0.3, 0.4) is 0 Å². The highest BCUT2D eigenvalue weighted by Crippen LogP contribution is 2.19. The van der Waals surface area contributed by atoms with E-state index in [4.69, 9.17) is 16.3 Å². The van der Waals surface area contributed by atoms with Gasteiger partial charge in [0, 0.05) is 24.8 Å². The second-order valence-electron chi connectivity index (χ2n) is 4.55. The van der Waals surface area contributed by atoms with Gasteiger partial charge in [0.25, 0.3) is 5.56 Å². The first-order valence-electron chi connectivity index (χ1n) is 5.88. The molecule has 2 rings (SSSR count). The van der Waals surface area contributed by atoms with Crippen molar-refractivity contribution in [3.63, 3.8) is 0 Å². The predicted molar refractivity (Wildman–Crippen MR) is 70.8 cm³/mol. The van der Waals surface area contributed by atoms with Gasteiger partial charge in [0.1, 0.15) is 5.02 Å². The van der Waals surface area contributed by atoms with Crippen molar-refractivity contribution in [2.24, 2.45) is 5.92 Å². The molecule has 1 saturated heterocycles. The van der Waals surface area contributed by atoms with Gasteiger partial charge in [-0.15, -0.1) is 0 Å². The van der Waals surface area contributed by atoms with Crippen molar-refractivity contribution in [1.82, 2.24) is 9.71 Å². The number of sulfonamides is 1. The van der Waals surface area contributed by atoms with E-state index in [0.717, 1.165) is 18.7 Å². The van der Waals surface area contributed by atoms with Crippen LogP contribution in [-0.4, -0.2) is 32.7 Å². The minimum absolute atomic E-state index is 0.0529. The lowest BCUT2D eigenvalue weighted by Gasteiger charge is -2.19. The van der Waals surface area contributed by atoms with Crippen LogP contribution in [0.1, 0.15) is 13.3 Å². The highest BCUT2D eigenvalue weighted by Gasteiger charge is 2.27. The number of rotatable bonds is 4. The summed E-state index contributed by atoms with van der Waals surface area (Å²) in [6.45, 7) is 3.00. The molecule has 2 atom stereocenters. The zero-order valence-electron chi connectivity index (χ0n) is 10.3.